The van der Waals surface area contributed by atoms with Crippen molar-refractivity contribution in [3.05, 3.63) is 23.8 Å². The van der Waals surface area contributed by atoms with Crippen molar-refractivity contribution >= 4 is 11.4 Å². The quantitative estimate of drug-likeness (QED) is 0.817. The summed E-state index contributed by atoms with van der Waals surface area (Å²) >= 11 is 0. The Hall–Kier alpha value is -1.22. The molecule has 1 heterocycles. The van der Waals surface area contributed by atoms with Gasteiger partial charge in [-0.2, -0.15) is 0 Å². The van der Waals surface area contributed by atoms with Gasteiger partial charge >= 0.3 is 0 Å². The van der Waals surface area contributed by atoms with Crippen molar-refractivity contribution < 1.29 is 4.74 Å². The van der Waals surface area contributed by atoms with E-state index in [-0.39, 0.29) is 0 Å². The van der Waals surface area contributed by atoms with Crippen LogP contribution in [-0.2, 0) is 4.74 Å². The summed E-state index contributed by atoms with van der Waals surface area (Å²) in [6, 6.07) is 6.25. The van der Waals surface area contributed by atoms with Crippen molar-refractivity contribution in [3.8, 4) is 0 Å². The molecule has 2 rings (SSSR count). The van der Waals surface area contributed by atoms with E-state index < -0.39 is 0 Å². The van der Waals surface area contributed by atoms with Crippen molar-refractivity contribution in [2.75, 3.05) is 30.3 Å². The second-order valence-corrected chi connectivity index (χ2v) is 4.65. The molecule has 0 bridgehead atoms. The minimum absolute atomic E-state index is 0.433. The van der Waals surface area contributed by atoms with Crippen LogP contribution >= 0.6 is 0 Å². The fourth-order valence-electron chi connectivity index (χ4n) is 2.44. The lowest BCUT2D eigenvalue weighted by Crippen LogP contribution is -2.37. The first-order valence-corrected chi connectivity index (χ1v) is 6.44. The molecule has 0 saturated carbocycles. The Morgan fingerprint density at radius 3 is 2.71 bits per heavy atom. The van der Waals surface area contributed by atoms with Gasteiger partial charge in [0.05, 0.1) is 17.5 Å². The van der Waals surface area contributed by atoms with Crippen molar-refractivity contribution in [1.82, 2.24) is 0 Å². The molecule has 0 amide bonds. The van der Waals surface area contributed by atoms with Gasteiger partial charge in [-0.15, -0.1) is 0 Å². The standard InChI is InChI=1S/C14H22N2O/c1-3-17-12-7-9-16(10-8-12)13-6-4-5-11(2)14(13)15/h4-6,12H,3,7-10,15H2,1-2H3. The van der Waals surface area contributed by atoms with E-state index in [1.54, 1.807) is 0 Å². The maximum atomic E-state index is 6.13. The number of ether oxygens (including phenoxy) is 1. The largest absolute Gasteiger partial charge is 0.397 e. The van der Waals surface area contributed by atoms with Gasteiger partial charge in [-0.3, -0.25) is 0 Å². The Labute approximate surface area is 104 Å². The molecule has 94 valence electrons. The molecular formula is C14H22N2O. The van der Waals surface area contributed by atoms with Crippen molar-refractivity contribution in [2.45, 2.75) is 32.8 Å². The lowest BCUT2D eigenvalue weighted by molar-refractivity contribution is 0.0459. The van der Waals surface area contributed by atoms with Gasteiger partial charge in [0.1, 0.15) is 0 Å². The van der Waals surface area contributed by atoms with E-state index in [0.29, 0.717) is 6.10 Å². The van der Waals surface area contributed by atoms with Crippen LogP contribution in [0.4, 0.5) is 11.4 Å². The molecule has 2 N–H and O–H groups in total. The maximum absolute atomic E-state index is 6.13. The molecule has 3 heteroatoms. The second-order valence-electron chi connectivity index (χ2n) is 4.65. The van der Waals surface area contributed by atoms with E-state index in [4.69, 9.17) is 10.5 Å². The highest BCUT2D eigenvalue weighted by molar-refractivity contribution is 5.71. The van der Waals surface area contributed by atoms with E-state index in [2.05, 4.69) is 36.9 Å². The minimum Gasteiger partial charge on any atom is -0.397 e. The van der Waals surface area contributed by atoms with Crippen LogP contribution in [0.15, 0.2) is 18.2 Å². The van der Waals surface area contributed by atoms with Gasteiger partial charge in [0, 0.05) is 19.7 Å². The number of para-hydroxylation sites is 1. The highest BCUT2D eigenvalue weighted by Gasteiger charge is 2.20. The average Bonchev–Trinajstić information content (AvgIpc) is 2.34. The lowest BCUT2D eigenvalue weighted by atomic mass is 10.1. The molecule has 0 aromatic heterocycles. The summed E-state index contributed by atoms with van der Waals surface area (Å²) in [4.78, 5) is 2.37. The molecular weight excluding hydrogens is 212 g/mol. The van der Waals surface area contributed by atoms with Gasteiger partial charge < -0.3 is 15.4 Å². The second kappa shape index (κ2) is 5.41. The number of hydrogen-bond donors (Lipinski definition) is 1. The molecule has 0 radical (unpaired) electrons. The molecule has 1 aromatic carbocycles. The van der Waals surface area contributed by atoms with E-state index in [1.165, 1.54) is 5.69 Å². The third kappa shape index (κ3) is 2.72. The van der Waals surface area contributed by atoms with Crippen LogP contribution < -0.4 is 10.6 Å². The van der Waals surface area contributed by atoms with E-state index in [1.807, 2.05) is 0 Å². The molecule has 0 atom stereocenters. The number of hydrogen-bond acceptors (Lipinski definition) is 3. The number of nitrogens with zero attached hydrogens (tertiary/aromatic N) is 1. The first-order chi connectivity index (χ1) is 8.22. The number of aryl methyl sites for hydroxylation is 1. The van der Waals surface area contributed by atoms with Gasteiger partial charge in [-0.1, -0.05) is 12.1 Å². The van der Waals surface area contributed by atoms with Crippen LogP contribution in [0.5, 0.6) is 0 Å². The van der Waals surface area contributed by atoms with Crippen LogP contribution in [0.25, 0.3) is 0 Å². The molecule has 1 saturated heterocycles. The highest BCUT2D eigenvalue weighted by atomic mass is 16.5. The number of nitrogens with two attached hydrogens (primary N) is 1. The smallest absolute Gasteiger partial charge is 0.0608 e. The summed E-state index contributed by atoms with van der Waals surface area (Å²) in [6.07, 6.45) is 2.63. The number of benzene rings is 1. The molecule has 3 nitrogen and oxygen atoms in total. The van der Waals surface area contributed by atoms with Crippen LogP contribution in [0.2, 0.25) is 0 Å². The predicted octanol–water partition coefficient (Wildman–Crippen LogP) is 2.58. The minimum atomic E-state index is 0.433. The van der Waals surface area contributed by atoms with Gasteiger partial charge in [0.2, 0.25) is 0 Å². The monoisotopic (exact) mass is 234 g/mol. The maximum Gasteiger partial charge on any atom is 0.0608 e. The average molecular weight is 234 g/mol. The first-order valence-electron chi connectivity index (χ1n) is 6.44. The normalized spacial score (nSPS) is 17.4. The van der Waals surface area contributed by atoms with Crippen molar-refractivity contribution in [2.24, 2.45) is 0 Å². The zero-order valence-electron chi connectivity index (χ0n) is 10.8. The van der Waals surface area contributed by atoms with Gasteiger partial charge in [-0.05, 0) is 38.3 Å². The molecule has 0 spiro atoms. The summed E-state index contributed by atoms with van der Waals surface area (Å²) in [7, 11) is 0. The Bertz CT molecular complexity index is 370. The predicted molar refractivity (Wildman–Crippen MR) is 72.5 cm³/mol. The first kappa shape index (κ1) is 12.2. The zero-order valence-corrected chi connectivity index (χ0v) is 10.8. The summed E-state index contributed by atoms with van der Waals surface area (Å²) in [5, 5.41) is 0. The third-order valence-electron chi connectivity index (χ3n) is 3.49. The fourth-order valence-corrected chi connectivity index (χ4v) is 2.44. The summed E-state index contributed by atoms with van der Waals surface area (Å²) in [5.41, 5.74) is 9.39. The fraction of sp³-hybridized carbons (Fsp3) is 0.571. The zero-order chi connectivity index (χ0) is 12.3. The lowest BCUT2D eigenvalue weighted by Gasteiger charge is -2.34. The molecule has 1 aliphatic heterocycles. The van der Waals surface area contributed by atoms with E-state index in [0.717, 1.165) is 43.8 Å². The van der Waals surface area contributed by atoms with Crippen molar-refractivity contribution in [1.29, 1.82) is 0 Å². The van der Waals surface area contributed by atoms with Crippen molar-refractivity contribution in [3.63, 3.8) is 0 Å². The SMILES string of the molecule is CCOC1CCN(c2cccc(C)c2N)CC1. The summed E-state index contributed by atoms with van der Waals surface area (Å²) < 4.78 is 5.66. The number of piperidine rings is 1. The molecule has 0 unspecified atom stereocenters. The van der Waals surface area contributed by atoms with E-state index in [9.17, 15) is 0 Å². The van der Waals surface area contributed by atoms with Crippen LogP contribution in [0, 0.1) is 6.92 Å². The van der Waals surface area contributed by atoms with E-state index >= 15 is 0 Å². The summed E-state index contributed by atoms with van der Waals surface area (Å²) in [6.45, 7) is 7.02. The number of anilines is 2. The Morgan fingerprint density at radius 2 is 2.06 bits per heavy atom. The molecule has 17 heavy (non-hydrogen) atoms. The van der Waals surface area contributed by atoms with Gasteiger partial charge in [0.15, 0.2) is 0 Å². The Kier molecular flexibility index (Phi) is 3.89. The van der Waals surface area contributed by atoms with Crippen LogP contribution in [0.3, 0.4) is 0 Å². The molecule has 0 aliphatic carbocycles. The Morgan fingerprint density at radius 1 is 1.35 bits per heavy atom. The number of nitrogen functional groups attached to an aromatic ring is 1. The molecule has 1 aliphatic rings. The van der Waals surface area contributed by atoms with Crippen LogP contribution in [-0.4, -0.2) is 25.8 Å². The summed E-state index contributed by atoms with van der Waals surface area (Å²) in [5.74, 6) is 0. The Balaban J connectivity index is 2.03. The third-order valence-corrected chi connectivity index (χ3v) is 3.49. The number of rotatable bonds is 3. The molecule has 1 fully saturated rings. The highest BCUT2D eigenvalue weighted by Crippen LogP contribution is 2.29. The topological polar surface area (TPSA) is 38.5 Å². The van der Waals surface area contributed by atoms with Crippen LogP contribution in [0.1, 0.15) is 25.3 Å². The van der Waals surface area contributed by atoms with Gasteiger partial charge in [0.25, 0.3) is 0 Å². The van der Waals surface area contributed by atoms with Gasteiger partial charge in [-0.25, -0.2) is 0 Å². The molecule has 1 aromatic rings.